The molecule has 8 heteroatoms. The Morgan fingerprint density at radius 3 is 1.96 bits per heavy atom. The van der Waals surface area contributed by atoms with Crippen LogP contribution in [-0.4, -0.2) is 47.2 Å². The minimum atomic E-state index is -0.964. The Kier molecular flexibility index (Phi) is 13.3. The standard InChI is InChI=1S/C9H7NO5.C6H15N.H2O/c11-5-9(12)15-6-7-1-3-8(4-2-7)10(13)14;1-4-7(5-2)6-3;/h1-5H,6H2;4-6H2,1-3H3;1H2. The van der Waals surface area contributed by atoms with Crippen LogP contribution < -0.4 is 0 Å². The molecule has 1 aromatic carbocycles. The molecule has 0 saturated heterocycles. The van der Waals surface area contributed by atoms with E-state index in [1.807, 2.05) is 0 Å². The second kappa shape index (κ2) is 13.4. The van der Waals surface area contributed by atoms with Gasteiger partial charge >= 0.3 is 5.97 Å². The van der Waals surface area contributed by atoms with E-state index in [0.717, 1.165) is 0 Å². The number of hydrogen-bond acceptors (Lipinski definition) is 6. The van der Waals surface area contributed by atoms with Gasteiger partial charge in [-0.3, -0.25) is 14.9 Å². The van der Waals surface area contributed by atoms with Crippen LogP contribution in [0.5, 0.6) is 0 Å². The molecule has 1 aromatic rings. The summed E-state index contributed by atoms with van der Waals surface area (Å²) in [6.45, 7) is 10.1. The van der Waals surface area contributed by atoms with Crippen LogP contribution in [0.25, 0.3) is 0 Å². The van der Waals surface area contributed by atoms with Crippen molar-refractivity contribution in [3.05, 3.63) is 39.9 Å². The highest BCUT2D eigenvalue weighted by Crippen LogP contribution is 2.12. The number of non-ortho nitro benzene ring substituents is 1. The average Bonchev–Trinajstić information content (AvgIpc) is 2.55. The predicted octanol–water partition coefficient (Wildman–Crippen LogP) is 1.36. The van der Waals surface area contributed by atoms with Gasteiger partial charge in [-0.15, -0.1) is 0 Å². The fraction of sp³-hybridized carbons (Fsp3) is 0.467. The molecule has 8 nitrogen and oxygen atoms in total. The maximum atomic E-state index is 10.5. The number of nitrogens with zero attached hydrogens (tertiary/aromatic N) is 2. The molecule has 23 heavy (non-hydrogen) atoms. The minimum absolute atomic E-state index is 0. The maximum Gasteiger partial charge on any atom is 0.371 e. The zero-order valence-electron chi connectivity index (χ0n) is 13.7. The van der Waals surface area contributed by atoms with Crippen molar-refractivity contribution in [3.63, 3.8) is 0 Å². The molecule has 0 heterocycles. The molecule has 130 valence electrons. The lowest BCUT2D eigenvalue weighted by Crippen LogP contribution is -2.21. The summed E-state index contributed by atoms with van der Waals surface area (Å²) in [5, 5.41) is 10.3. The number of rotatable bonds is 7. The van der Waals surface area contributed by atoms with Crippen LogP contribution in [0.1, 0.15) is 26.3 Å². The van der Waals surface area contributed by atoms with E-state index < -0.39 is 10.9 Å². The molecule has 2 N–H and O–H groups in total. The van der Waals surface area contributed by atoms with Crippen LogP contribution >= 0.6 is 0 Å². The number of benzene rings is 1. The van der Waals surface area contributed by atoms with Gasteiger partial charge in [-0.1, -0.05) is 20.8 Å². The lowest BCUT2D eigenvalue weighted by Gasteiger charge is -2.13. The van der Waals surface area contributed by atoms with Crippen molar-refractivity contribution in [2.24, 2.45) is 0 Å². The van der Waals surface area contributed by atoms with Gasteiger partial charge in [0.1, 0.15) is 6.61 Å². The summed E-state index contributed by atoms with van der Waals surface area (Å²) in [7, 11) is 0. The first-order valence-corrected chi connectivity index (χ1v) is 7.05. The largest absolute Gasteiger partial charge is 0.455 e. The Hall–Kier alpha value is -2.32. The van der Waals surface area contributed by atoms with Crippen LogP contribution in [0.4, 0.5) is 5.69 Å². The van der Waals surface area contributed by atoms with E-state index in [1.165, 1.54) is 43.9 Å². The van der Waals surface area contributed by atoms with Crippen molar-refractivity contribution < 1.29 is 24.7 Å². The van der Waals surface area contributed by atoms with Crippen LogP contribution in [0.2, 0.25) is 0 Å². The Morgan fingerprint density at radius 2 is 1.65 bits per heavy atom. The number of carbonyl (C=O) groups is 2. The fourth-order valence-corrected chi connectivity index (χ4v) is 1.57. The Labute approximate surface area is 135 Å². The van der Waals surface area contributed by atoms with Gasteiger partial charge in [0.15, 0.2) is 0 Å². The summed E-state index contributed by atoms with van der Waals surface area (Å²) in [5.41, 5.74) is 0.538. The molecule has 0 aliphatic carbocycles. The second-order valence-electron chi connectivity index (χ2n) is 4.27. The molecule has 0 radical (unpaired) electrons. The molecule has 0 saturated carbocycles. The highest BCUT2D eigenvalue weighted by atomic mass is 16.6. The number of hydrogen-bond donors (Lipinski definition) is 0. The fourth-order valence-electron chi connectivity index (χ4n) is 1.57. The molecule has 0 spiro atoms. The maximum absolute atomic E-state index is 10.5. The van der Waals surface area contributed by atoms with Crippen molar-refractivity contribution in [2.45, 2.75) is 27.4 Å². The van der Waals surface area contributed by atoms with Gasteiger partial charge in [0.05, 0.1) is 4.92 Å². The number of esters is 1. The van der Waals surface area contributed by atoms with Crippen molar-refractivity contribution in [1.29, 1.82) is 0 Å². The Balaban J connectivity index is 0. The third-order valence-electron chi connectivity index (χ3n) is 2.97. The van der Waals surface area contributed by atoms with Gasteiger partial charge in [0, 0.05) is 12.1 Å². The van der Waals surface area contributed by atoms with E-state index in [-0.39, 0.29) is 24.1 Å². The molecule has 0 aromatic heterocycles. The van der Waals surface area contributed by atoms with Crippen LogP contribution in [-0.2, 0) is 20.9 Å². The van der Waals surface area contributed by atoms with Gasteiger partial charge < -0.3 is 15.1 Å². The molecule has 0 fully saturated rings. The molecule has 0 amide bonds. The molecular weight excluding hydrogens is 304 g/mol. The zero-order valence-corrected chi connectivity index (χ0v) is 13.7. The second-order valence-corrected chi connectivity index (χ2v) is 4.27. The first-order valence-electron chi connectivity index (χ1n) is 7.05. The zero-order chi connectivity index (χ0) is 17.0. The van der Waals surface area contributed by atoms with Crippen molar-refractivity contribution in [3.8, 4) is 0 Å². The van der Waals surface area contributed by atoms with E-state index in [9.17, 15) is 19.7 Å². The van der Waals surface area contributed by atoms with E-state index in [1.54, 1.807) is 0 Å². The highest BCUT2D eigenvalue weighted by Gasteiger charge is 2.05. The van der Waals surface area contributed by atoms with E-state index in [0.29, 0.717) is 5.56 Å². The summed E-state index contributed by atoms with van der Waals surface area (Å²) in [6.07, 6.45) is 0.0609. The molecule has 0 aliphatic rings. The lowest BCUT2D eigenvalue weighted by atomic mass is 10.2. The SMILES string of the molecule is CCN(CC)CC.O.O=CC(=O)OCc1ccc([N+](=O)[O-])cc1. The van der Waals surface area contributed by atoms with Crippen molar-refractivity contribution >= 4 is 17.9 Å². The van der Waals surface area contributed by atoms with Crippen molar-refractivity contribution in [2.75, 3.05) is 19.6 Å². The Bertz CT molecular complexity index is 466. The molecule has 0 atom stereocenters. The summed E-state index contributed by atoms with van der Waals surface area (Å²) >= 11 is 0. The molecule has 0 aliphatic heterocycles. The van der Waals surface area contributed by atoms with Crippen LogP contribution in [0, 0.1) is 10.1 Å². The van der Waals surface area contributed by atoms with Gasteiger partial charge in [-0.2, -0.15) is 0 Å². The van der Waals surface area contributed by atoms with E-state index in [2.05, 4.69) is 30.4 Å². The summed E-state index contributed by atoms with van der Waals surface area (Å²) in [6, 6.07) is 5.50. The lowest BCUT2D eigenvalue weighted by molar-refractivity contribution is -0.384. The predicted molar refractivity (Wildman–Crippen MR) is 86.0 cm³/mol. The van der Waals surface area contributed by atoms with Gasteiger partial charge in [-0.05, 0) is 37.3 Å². The van der Waals surface area contributed by atoms with Crippen molar-refractivity contribution in [1.82, 2.24) is 4.90 Å². The quantitative estimate of drug-likeness (QED) is 0.245. The Morgan fingerprint density at radius 1 is 1.17 bits per heavy atom. The topological polar surface area (TPSA) is 121 Å². The van der Waals surface area contributed by atoms with Gasteiger partial charge in [-0.25, -0.2) is 4.79 Å². The summed E-state index contributed by atoms with van der Waals surface area (Å²) in [5.74, 6) is -0.964. The first-order chi connectivity index (χ1) is 10.5. The van der Waals surface area contributed by atoms with Gasteiger partial charge in [0.25, 0.3) is 5.69 Å². The number of carbonyl (C=O) groups excluding carboxylic acids is 2. The third kappa shape index (κ3) is 10.1. The first kappa shape index (κ1) is 23.0. The minimum Gasteiger partial charge on any atom is -0.455 e. The van der Waals surface area contributed by atoms with Crippen LogP contribution in [0.15, 0.2) is 24.3 Å². The van der Waals surface area contributed by atoms with Crippen LogP contribution in [0.3, 0.4) is 0 Å². The van der Waals surface area contributed by atoms with Gasteiger partial charge in [0.2, 0.25) is 6.29 Å². The number of aldehydes is 1. The van der Waals surface area contributed by atoms with E-state index in [4.69, 9.17) is 0 Å². The summed E-state index contributed by atoms with van der Waals surface area (Å²) < 4.78 is 4.50. The van der Waals surface area contributed by atoms with E-state index >= 15 is 0 Å². The molecular formula is C15H24N2O6. The number of nitro groups is 1. The molecule has 0 unspecified atom stereocenters. The average molecular weight is 328 g/mol. The third-order valence-corrected chi connectivity index (χ3v) is 2.97. The highest BCUT2D eigenvalue weighted by molar-refractivity contribution is 6.20. The smallest absolute Gasteiger partial charge is 0.371 e. The molecule has 0 bridgehead atoms. The monoisotopic (exact) mass is 328 g/mol. The summed E-state index contributed by atoms with van der Waals surface area (Å²) in [4.78, 5) is 32.5. The number of ether oxygens (including phenoxy) is 1. The molecule has 1 rings (SSSR count). The normalized spacial score (nSPS) is 9.22. The number of nitro benzene ring substituents is 1.